The van der Waals surface area contributed by atoms with Crippen LogP contribution in [0.15, 0.2) is 18.2 Å². The number of anilines is 1. The molecular weight excluding hydrogens is 277 g/mol. The Morgan fingerprint density at radius 1 is 1.33 bits per heavy atom. The van der Waals surface area contributed by atoms with Crippen LogP contribution < -0.4 is 10.2 Å². The van der Waals surface area contributed by atoms with Crippen molar-refractivity contribution in [2.45, 2.75) is 45.3 Å². The summed E-state index contributed by atoms with van der Waals surface area (Å²) in [5.41, 5.74) is 3.34. The molecule has 1 aliphatic heterocycles. The van der Waals surface area contributed by atoms with Crippen LogP contribution in [0.1, 0.15) is 43.9 Å². The summed E-state index contributed by atoms with van der Waals surface area (Å²) >= 11 is 0. The molecule has 5 heteroatoms. The van der Waals surface area contributed by atoms with E-state index in [1.54, 1.807) is 0 Å². The highest BCUT2D eigenvalue weighted by atomic mass is 19.4. The van der Waals surface area contributed by atoms with Gasteiger partial charge >= 0.3 is 6.18 Å². The first-order valence-electron chi connectivity index (χ1n) is 7.58. The summed E-state index contributed by atoms with van der Waals surface area (Å²) < 4.78 is 37.2. The van der Waals surface area contributed by atoms with E-state index in [0.29, 0.717) is 6.54 Å². The van der Waals surface area contributed by atoms with Gasteiger partial charge in [-0.2, -0.15) is 13.2 Å². The van der Waals surface area contributed by atoms with Crippen LogP contribution in [-0.2, 0) is 6.42 Å². The van der Waals surface area contributed by atoms with Crippen molar-refractivity contribution in [1.29, 1.82) is 0 Å². The SMILES string of the molecule is CCNC(C)c1ccc2c(c1)CCCN2CCC(F)(F)F. The van der Waals surface area contributed by atoms with Gasteiger partial charge in [-0.3, -0.25) is 0 Å². The van der Waals surface area contributed by atoms with Crippen molar-refractivity contribution < 1.29 is 13.2 Å². The molecule has 0 saturated heterocycles. The number of alkyl halides is 3. The largest absolute Gasteiger partial charge is 0.390 e. The first kappa shape index (κ1) is 16.1. The molecule has 1 unspecified atom stereocenters. The van der Waals surface area contributed by atoms with Gasteiger partial charge in [-0.25, -0.2) is 0 Å². The van der Waals surface area contributed by atoms with Crippen LogP contribution >= 0.6 is 0 Å². The topological polar surface area (TPSA) is 15.3 Å². The first-order valence-corrected chi connectivity index (χ1v) is 7.58. The minimum absolute atomic E-state index is 0.0542. The quantitative estimate of drug-likeness (QED) is 0.882. The van der Waals surface area contributed by atoms with Gasteiger partial charge < -0.3 is 10.2 Å². The maximum Gasteiger partial charge on any atom is 0.390 e. The number of nitrogens with one attached hydrogen (secondary N) is 1. The molecule has 1 N–H and O–H groups in total. The molecule has 0 radical (unpaired) electrons. The molecule has 2 nitrogen and oxygen atoms in total. The molecule has 1 heterocycles. The monoisotopic (exact) mass is 300 g/mol. The lowest BCUT2D eigenvalue weighted by Gasteiger charge is -2.32. The van der Waals surface area contributed by atoms with Gasteiger partial charge in [0.25, 0.3) is 0 Å². The lowest BCUT2D eigenvalue weighted by atomic mass is 9.96. The van der Waals surface area contributed by atoms with Crippen molar-refractivity contribution in [2.24, 2.45) is 0 Å². The van der Waals surface area contributed by atoms with Crippen molar-refractivity contribution in [3.8, 4) is 0 Å². The Balaban J connectivity index is 2.13. The molecule has 1 atom stereocenters. The molecule has 118 valence electrons. The van der Waals surface area contributed by atoms with E-state index in [4.69, 9.17) is 0 Å². The Bertz CT molecular complexity index is 471. The normalized spacial score (nSPS) is 16.7. The zero-order valence-corrected chi connectivity index (χ0v) is 12.6. The molecule has 0 fully saturated rings. The highest BCUT2D eigenvalue weighted by molar-refractivity contribution is 5.57. The van der Waals surface area contributed by atoms with E-state index < -0.39 is 12.6 Å². The predicted molar refractivity (Wildman–Crippen MR) is 79.7 cm³/mol. The molecule has 0 aromatic heterocycles. The van der Waals surface area contributed by atoms with Crippen LogP contribution in [0, 0.1) is 0 Å². The lowest BCUT2D eigenvalue weighted by Crippen LogP contribution is -2.33. The molecule has 0 saturated carbocycles. The Morgan fingerprint density at radius 2 is 2.10 bits per heavy atom. The number of halogens is 3. The smallest absolute Gasteiger partial charge is 0.371 e. The second-order valence-electron chi connectivity index (χ2n) is 5.62. The Hall–Kier alpha value is -1.23. The number of nitrogens with zero attached hydrogens (tertiary/aromatic N) is 1. The minimum atomic E-state index is -4.09. The Morgan fingerprint density at radius 3 is 2.76 bits per heavy atom. The third-order valence-electron chi connectivity index (χ3n) is 3.99. The maximum absolute atomic E-state index is 12.4. The number of aryl methyl sites for hydroxylation is 1. The van der Waals surface area contributed by atoms with Gasteiger partial charge in [0.15, 0.2) is 0 Å². The Labute approximate surface area is 124 Å². The van der Waals surface area contributed by atoms with Crippen LogP contribution in [0.25, 0.3) is 0 Å². The molecule has 0 bridgehead atoms. The highest BCUT2D eigenvalue weighted by Gasteiger charge is 2.29. The van der Waals surface area contributed by atoms with E-state index in [0.717, 1.165) is 25.1 Å². The van der Waals surface area contributed by atoms with Crippen LogP contribution in [0.4, 0.5) is 18.9 Å². The molecule has 21 heavy (non-hydrogen) atoms. The molecule has 0 spiro atoms. The number of benzene rings is 1. The van der Waals surface area contributed by atoms with E-state index >= 15 is 0 Å². The van der Waals surface area contributed by atoms with E-state index in [-0.39, 0.29) is 12.6 Å². The fourth-order valence-corrected chi connectivity index (χ4v) is 2.88. The van der Waals surface area contributed by atoms with Crippen LogP contribution in [0.3, 0.4) is 0 Å². The van der Waals surface area contributed by atoms with Crippen LogP contribution in [0.2, 0.25) is 0 Å². The van der Waals surface area contributed by atoms with E-state index in [1.807, 2.05) is 17.0 Å². The van der Waals surface area contributed by atoms with Gasteiger partial charge in [0.1, 0.15) is 0 Å². The van der Waals surface area contributed by atoms with Crippen molar-refractivity contribution in [2.75, 3.05) is 24.5 Å². The fourth-order valence-electron chi connectivity index (χ4n) is 2.88. The molecule has 2 rings (SSSR count). The molecule has 1 aromatic carbocycles. The zero-order valence-electron chi connectivity index (χ0n) is 12.6. The minimum Gasteiger partial charge on any atom is -0.371 e. The van der Waals surface area contributed by atoms with Crippen LogP contribution in [-0.4, -0.2) is 25.8 Å². The average Bonchev–Trinajstić information content (AvgIpc) is 2.43. The number of hydrogen-bond acceptors (Lipinski definition) is 2. The standard InChI is InChI=1S/C16H23F3N2/c1-3-20-12(2)13-6-7-15-14(11-13)5-4-9-21(15)10-8-16(17,18)19/h6-7,11-12,20H,3-5,8-10H2,1-2H3. The lowest BCUT2D eigenvalue weighted by molar-refractivity contribution is -0.132. The Kier molecular flexibility index (Phi) is 5.14. The van der Waals surface area contributed by atoms with Crippen molar-refractivity contribution >= 4 is 5.69 Å². The van der Waals surface area contributed by atoms with E-state index in [2.05, 4.69) is 25.2 Å². The van der Waals surface area contributed by atoms with Crippen LogP contribution in [0.5, 0.6) is 0 Å². The summed E-state index contributed by atoms with van der Waals surface area (Å²) in [6.45, 7) is 5.84. The van der Waals surface area contributed by atoms with Crippen molar-refractivity contribution in [1.82, 2.24) is 5.32 Å². The highest BCUT2D eigenvalue weighted by Crippen LogP contribution is 2.31. The van der Waals surface area contributed by atoms with Gasteiger partial charge in [-0.05, 0) is 43.5 Å². The molecule has 1 aromatic rings. The number of fused-ring (bicyclic) bond motifs is 1. The van der Waals surface area contributed by atoms with Gasteiger partial charge in [0, 0.05) is 24.8 Å². The van der Waals surface area contributed by atoms with Gasteiger partial charge in [0.2, 0.25) is 0 Å². The summed E-state index contributed by atoms with van der Waals surface area (Å²) in [6, 6.07) is 6.42. The average molecular weight is 300 g/mol. The second-order valence-corrected chi connectivity index (χ2v) is 5.62. The first-order chi connectivity index (χ1) is 9.90. The van der Waals surface area contributed by atoms with E-state index in [9.17, 15) is 13.2 Å². The maximum atomic E-state index is 12.4. The van der Waals surface area contributed by atoms with Crippen molar-refractivity contribution in [3.63, 3.8) is 0 Å². The molecule has 0 aliphatic carbocycles. The van der Waals surface area contributed by atoms with Crippen molar-refractivity contribution in [3.05, 3.63) is 29.3 Å². The third-order valence-corrected chi connectivity index (χ3v) is 3.99. The predicted octanol–water partition coefficient (Wildman–Crippen LogP) is 4.06. The molecule has 1 aliphatic rings. The number of rotatable bonds is 5. The van der Waals surface area contributed by atoms with Gasteiger partial charge in [-0.15, -0.1) is 0 Å². The van der Waals surface area contributed by atoms with E-state index in [1.165, 1.54) is 11.1 Å². The summed E-state index contributed by atoms with van der Waals surface area (Å²) in [7, 11) is 0. The zero-order chi connectivity index (χ0) is 15.5. The summed E-state index contributed by atoms with van der Waals surface area (Å²) in [4.78, 5) is 1.87. The second kappa shape index (κ2) is 6.69. The summed E-state index contributed by atoms with van der Waals surface area (Å²) in [5.74, 6) is 0. The van der Waals surface area contributed by atoms with Gasteiger partial charge in [-0.1, -0.05) is 19.1 Å². The number of hydrogen-bond donors (Lipinski definition) is 1. The summed E-state index contributed by atoms with van der Waals surface area (Å²) in [6.07, 6.45) is -2.96. The molecular formula is C16H23F3N2. The van der Waals surface area contributed by atoms with Gasteiger partial charge in [0.05, 0.1) is 6.42 Å². The molecule has 0 amide bonds. The summed E-state index contributed by atoms with van der Waals surface area (Å²) in [5, 5.41) is 3.36. The fraction of sp³-hybridized carbons (Fsp3) is 0.625. The third kappa shape index (κ3) is 4.37.